The number of nitrogens with zero attached hydrogens (tertiary/aromatic N) is 2. The van der Waals surface area contributed by atoms with Crippen LogP contribution < -0.4 is 10.1 Å². The van der Waals surface area contributed by atoms with Gasteiger partial charge in [0.15, 0.2) is 5.78 Å². The van der Waals surface area contributed by atoms with Crippen molar-refractivity contribution in [2.24, 2.45) is 0 Å². The summed E-state index contributed by atoms with van der Waals surface area (Å²) in [5.74, 6) is 0.531. The van der Waals surface area contributed by atoms with Crippen molar-refractivity contribution in [2.45, 2.75) is 18.8 Å². The number of aromatic nitrogens is 2. The first-order valence-corrected chi connectivity index (χ1v) is 9.51. The number of carbonyl (C=O) groups is 2. The lowest BCUT2D eigenvalue weighted by atomic mass is 9.82. The molecule has 6 nitrogen and oxygen atoms in total. The fourth-order valence-corrected chi connectivity index (χ4v) is 3.52. The Kier molecular flexibility index (Phi) is 5.27. The molecule has 0 aliphatic heterocycles. The fraction of sp³-hybridized carbons (Fsp3) is 0.182. The average Bonchev–Trinajstić information content (AvgIpc) is 2.74. The molecule has 1 heterocycles. The zero-order chi connectivity index (χ0) is 20.4. The third kappa shape index (κ3) is 4.12. The van der Waals surface area contributed by atoms with E-state index in [-0.39, 0.29) is 23.6 Å². The highest BCUT2D eigenvalue weighted by atomic mass is 35.5. The smallest absolute Gasteiger partial charge is 0.258 e. The molecule has 2 aromatic carbocycles. The van der Waals surface area contributed by atoms with Gasteiger partial charge >= 0.3 is 0 Å². The third-order valence-electron chi connectivity index (χ3n) is 4.96. The number of Topliss-reactive ketones (excluding diaryl/α,β-unsaturated/α-hetero) is 1. The minimum Gasteiger partial charge on any atom is -0.497 e. The summed E-state index contributed by atoms with van der Waals surface area (Å²) in [5, 5.41) is 3.35. The Hall–Kier alpha value is -3.25. The van der Waals surface area contributed by atoms with Crippen molar-refractivity contribution in [1.82, 2.24) is 9.97 Å². The Morgan fingerprint density at radius 1 is 1.10 bits per heavy atom. The van der Waals surface area contributed by atoms with Crippen LogP contribution in [-0.2, 0) is 6.42 Å². The number of rotatable bonds is 4. The predicted molar refractivity (Wildman–Crippen MR) is 110 cm³/mol. The number of ether oxygens (including phenoxy) is 1. The van der Waals surface area contributed by atoms with Gasteiger partial charge in [0.25, 0.3) is 5.91 Å². The molecule has 1 N–H and O–H groups in total. The lowest BCUT2D eigenvalue weighted by Crippen LogP contribution is -2.22. The maximum atomic E-state index is 12.5. The van der Waals surface area contributed by atoms with E-state index in [0.717, 1.165) is 5.56 Å². The van der Waals surface area contributed by atoms with Crippen molar-refractivity contribution in [1.29, 1.82) is 0 Å². The molecular formula is C22H18ClN3O3. The maximum Gasteiger partial charge on any atom is 0.258 e. The number of halogens is 1. The fourth-order valence-electron chi connectivity index (χ4n) is 3.39. The number of benzene rings is 2. The minimum absolute atomic E-state index is 0.000712. The van der Waals surface area contributed by atoms with Gasteiger partial charge in [-0.3, -0.25) is 14.9 Å². The molecular weight excluding hydrogens is 390 g/mol. The van der Waals surface area contributed by atoms with Crippen LogP contribution in [-0.4, -0.2) is 28.8 Å². The molecule has 0 unspecified atom stereocenters. The van der Waals surface area contributed by atoms with Gasteiger partial charge < -0.3 is 4.74 Å². The molecule has 29 heavy (non-hydrogen) atoms. The summed E-state index contributed by atoms with van der Waals surface area (Å²) in [7, 11) is 1.56. The van der Waals surface area contributed by atoms with Gasteiger partial charge in [-0.15, -0.1) is 0 Å². The van der Waals surface area contributed by atoms with E-state index in [2.05, 4.69) is 15.3 Å². The molecule has 0 fully saturated rings. The van der Waals surface area contributed by atoms with Crippen LogP contribution in [0.15, 0.2) is 54.7 Å². The van der Waals surface area contributed by atoms with Crippen LogP contribution in [0.5, 0.6) is 5.75 Å². The van der Waals surface area contributed by atoms with Crippen LogP contribution in [0.4, 0.5) is 5.95 Å². The minimum atomic E-state index is -0.330. The van der Waals surface area contributed by atoms with Crippen molar-refractivity contribution in [3.05, 3.63) is 82.1 Å². The van der Waals surface area contributed by atoms with Gasteiger partial charge in [0.1, 0.15) is 5.75 Å². The van der Waals surface area contributed by atoms with Gasteiger partial charge in [-0.05, 0) is 54.3 Å². The predicted octanol–water partition coefficient (Wildman–Crippen LogP) is 4.30. The van der Waals surface area contributed by atoms with Crippen LogP contribution in [0.25, 0.3) is 0 Å². The quantitative estimate of drug-likeness (QED) is 0.697. The number of hydrogen-bond donors (Lipinski definition) is 1. The zero-order valence-electron chi connectivity index (χ0n) is 15.7. The van der Waals surface area contributed by atoms with Crippen LogP contribution in [0.3, 0.4) is 0 Å². The van der Waals surface area contributed by atoms with E-state index >= 15 is 0 Å². The highest BCUT2D eigenvalue weighted by Crippen LogP contribution is 2.32. The lowest BCUT2D eigenvalue weighted by molar-refractivity contribution is 0.0962. The molecule has 0 spiro atoms. The normalized spacial score (nSPS) is 15.5. The highest BCUT2D eigenvalue weighted by Gasteiger charge is 2.28. The second-order valence-electron chi connectivity index (χ2n) is 6.82. The van der Waals surface area contributed by atoms with Crippen molar-refractivity contribution in [2.75, 3.05) is 12.4 Å². The van der Waals surface area contributed by atoms with E-state index in [1.165, 1.54) is 6.20 Å². The van der Waals surface area contributed by atoms with E-state index in [1.54, 1.807) is 31.4 Å². The van der Waals surface area contributed by atoms with Gasteiger partial charge in [-0.1, -0.05) is 23.7 Å². The SMILES string of the molecule is COc1ccc(C(=O)Nc2ncc3c(n2)C[C@H](c2ccc(Cl)cc2)CC3=O)cc1. The van der Waals surface area contributed by atoms with Gasteiger partial charge in [0, 0.05) is 23.2 Å². The van der Waals surface area contributed by atoms with Crippen molar-refractivity contribution < 1.29 is 14.3 Å². The Balaban J connectivity index is 1.54. The van der Waals surface area contributed by atoms with Crippen LogP contribution in [0, 0.1) is 0 Å². The zero-order valence-corrected chi connectivity index (χ0v) is 16.4. The third-order valence-corrected chi connectivity index (χ3v) is 5.21. The highest BCUT2D eigenvalue weighted by molar-refractivity contribution is 6.30. The first-order valence-electron chi connectivity index (χ1n) is 9.13. The summed E-state index contributed by atoms with van der Waals surface area (Å²) in [6, 6.07) is 14.2. The van der Waals surface area contributed by atoms with E-state index in [0.29, 0.717) is 40.4 Å². The van der Waals surface area contributed by atoms with E-state index in [9.17, 15) is 9.59 Å². The van der Waals surface area contributed by atoms with E-state index < -0.39 is 0 Å². The van der Waals surface area contributed by atoms with Gasteiger partial charge in [-0.2, -0.15) is 0 Å². The Labute approximate surface area is 172 Å². The average molecular weight is 408 g/mol. The molecule has 0 saturated carbocycles. The topological polar surface area (TPSA) is 81.2 Å². The van der Waals surface area contributed by atoms with Crippen LogP contribution >= 0.6 is 11.6 Å². The molecule has 0 radical (unpaired) electrons. The van der Waals surface area contributed by atoms with Crippen LogP contribution in [0.2, 0.25) is 5.02 Å². The summed E-state index contributed by atoms with van der Waals surface area (Å²) < 4.78 is 5.10. The molecule has 1 atom stereocenters. The van der Waals surface area contributed by atoms with Crippen molar-refractivity contribution in [3.63, 3.8) is 0 Å². The molecule has 1 amide bonds. The van der Waals surface area contributed by atoms with Gasteiger partial charge in [0.2, 0.25) is 5.95 Å². The number of amides is 1. The lowest BCUT2D eigenvalue weighted by Gasteiger charge is -2.23. The molecule has 1 aromatic heterocycles. The number of ketones is 1. The molecule has 3 aromatic rings. The second kappa shape index (κ2) is 8.01. The van der Waals surface area contributed by atoms with Crippen molar-refractivity contribution >= 4 is 29.2 Å². The van der Waals surface area contributed by atoms with Crippen LogP contribution in [0.1, 0.15) is 44.3 Å². The number of carbonyl (C=O) groups excluding carboxylic acids is 2. The number of nitrogens with one attached hydrogen (secondary N) is 1. The summed E-state index contributed by atoms with van der Waals surface area (Å²) in [6.07, 6.45) is 2.48. The Bertz CT molecular complexity index is 1070. The Morgan fingerprint density at radius 3 is 2.52 bits per heavy atom. The molecule has 7 heteroatoms. The molecule has 0 saturated heterocycles. The first kappa shape index (κ1) is 19.1. The molecule has 1 aliphatic rings. The molecule has 0 bridgehead atoms. The van der Waals surface area contributed by atoms with Gasteiger partial charge in [-0.25, -0.2) is 9.97 Å². The Morgan fingerprint density at radius 2 is 1.83 bits per heavy atom. The summed E-state index contributed by atoms with van der Waals surface area (Å²) in [4.78, 5) is 33.6. The summed E-state index contributed by atoms with van der Waals surface area (Å²) in [6.45, 7) is 0. The largest absolute Gasteiger partial charge is 0.497 e. The number of anilines is 1. The summed E-state index contributed by atoms with van der Waals surface area (Å²) in [5.41, 5.74) is 2.65. The standard InChI is InChI=1S/C22H18ClN3O3/c1-29-17-8-4-14(5-9-17)21(28)26-22-24-12-18-19(25-22)10-15(11-20(18)27)13-2-6-16(23)7-3-13/h2-9,12,15H,10-11H2,1H3,(H,24,25,26,28)/t15-/m0/s1. The number of hydrogen-bond acceptors (Lipinski definition) is 5. The molecule has 146 valence electrons. The summed E-state index contributed by atoms with van der Waals surface area (Å²) >= 11 is 5.96. The maximum absolute atomic E-state index is 12.5. The van der Waals surface area contributed by atoms with E-state index in [1.807, 2.05) is 24.3 Å². The number of methoxy groups -OCH3 is 1. The van der Waals surface area contributed by atoms with Gasteiger partial charge in [0.05, 0.1) is 18.4 Å². The first-order chi connectivity index (χ1) is 14.0. The molecule has 1 aliphatic carbocycles. The monoisotopic (exact) mass is 407 g/mol. The number of fused-ring (bicyclic) bond motifs is 1. The van der Waals surface area contributed by atoms with Crippen molar-refractivity contribution in [3.8, 4) is 5.75 Å². The molecule has 4 rings (SSSR count). The van der Waals surface area contributed by atoms with E-state index in [4.69, 9.17) is 16.3 Å². The second-order valence-corrected chi connectivity index (χ2v) is 7.25.